The van der Waals surface area contributed by atoms with Crippen LogP contribution in [0.1, 0.15) is 45.4 Å². The second-order valence-corrected chi connectivity index (χ2v) is 11.9. The number of fused-ring (bicyclic) bond motifs is 1. The number of alkyl carbamates (subject to hydrolysis) is 1. The molecule has 1 N–H and O–H groups in total. The zero-order chi connectivity index (χ0) is 26.8. The number of hydrogen-bond acceptors (Lipinski definition) is 7. The Kier molecular flexibility index (Phi) is 8.41. The van der Waals surface area contributed by atoms with Crippen LogP contribution in [-0.4, -0.2) is 71.9 Å². The lowest BCUT2D eigenvalue weighted by Gasteiger charge is -2.41. The molecule has 3 rings (SSSR count). The number of alkyl halides is 1. The third-order valence-electron chi connectivity index (χ3n) is 5.87. The number of allylic oxidation sites excluding steroid dienone is 3. The molecule has 3 heterocycles. The number of ether oxygens (including phenoxy) is 2. The van der Waals surface area contributed by atoms with E-state index in [-0.39, 0.29) is 23.8 Å². The number of carbonyl (C=O) groups is 1. The van der Waals surface area contributed by atoms with Crippen LogP contribution < -0.4 is 5.32 Å². The fraction of sp³-hybridized carbons (Fsp3) is 0.583. The minimum atomic E-state index is -3.48. The molecule has 200 valence electrons. The third kappa shape index (κ3) is 6.80. The van der Waals surface area contributed by atoms with Gasteiger partial charge >= 0.3 is 6.09 Å². The Hall–Kier alpha value is -2.57. The van der Waals surface area contributed by atoms with Gasteiger partial charge in [0.2, 0.25) is 0 Å². The van der Waals surface area contributed by atoms with Crippen molar-refractivity contribution in [1.29, 1.82) is 0 Å². The van der Waals surface area contributed by atoms with Crippen molar-refractivity contribution in [2.45, 2.75) is 71.0 Å². The van der Waals surface area contributed by atoms with E-state index in [0.29, 0.717) is 25.2 Å². The molecule has 1 fully saturated rings. The Labute approximate surface area is 210 Å². The van der Waals surface area contributed by atoms with Crippen molar-refractivity contribution in [3.05, 3.63) is 53.2 Å². The average Bonchev–Trinajstić information content (AvgIpc) is 3.35. The molecule has 0 aliphatic carbocycles. The van der Waals surface area contributed by atoms with Crippen molar-refractivity contribution in [2.24, 2.45) is 0 Å². The number of nitrogens with zero attached hydrogens (tertiary/aromatic N) is 3. The second-order valence-electron chi connectivity index (χ2n) is 10.1. The zero-order valence-corrected chi connectivity index (χ0v) is 22.1. The van der Waals surface area contributed by atoms with Crippen LogP contribution in [0.2, 0.25) is 0 Å². The quantitative estimate of drug-likeness (QED) is 0.541. The summed E-state index contributed by atoms with van der Waals surface area (Å²) in [7, 11) is -3.48. The van der Waals surface area contributed by atoms with E-state index in [1.807, 2.05) is 0 Å². The van der Waals surface area contributed by atoms with Crippen molar-refractivity contribution in [3.8, 4) is 0 Å². The topological polar surface area (TPSA) is 103 Å². The monoisotopic (exact) mass is 528 g/mol. The Morgan fingerprint density at radius 3 is 2.64 bits per heavy atom. The first-order valence-corrected chi connectivity index (χ1v) is 13.5. The molecule has 0 unspecified atom stereocenters. The van der Waals surface area contributed by atoms with Gasteiger partial charge in [-0.25, -0.2) is 22.0 Å². The highest BCUT2D eigenvalue weighted by Gasteiger charge is 2.40. The van der Waals surface area contributed by atoms with Crippen LogP contribution in [0.3, 0.4) is 0 Å². The number of carbonyl (C=O) groups excluding carboxylic acids is 1. The summed E-state index contributed by atoms with van der Waals surface area (Å²) in [6, 6.07) is -0.867. The molecular weight excluding hydrogens is 494 g/mol. The minimum absolute atomic E-state index is 0.0801. The molecular formula is C24H34F2N4O5S. The Bertz CT molecular complexity index is 1150. The highest BCUT2D eigenvalue weighted by atomic mass is 32.2. The number of rotatable bonds is 7. The molecule has 1 aromatic rings. The Morgan fingerprint density at radius 2 is 2.08 bits per heavy atom. The smallest absolute Gasteiger partial charge is 0.407 e. The average molecular weight is 529 g/mol. The van der Waals surface area contributed by atoms with Crippen molar-refractivity contribution < 1.29 is 31.5 Å². The van der Waals surface area contributed by atoms with Gasteiger partial charge in [0.15, 0.2) is 0 Å². The summed E-state index contributed by atoms with van der Waals surface area (Å²) in [4.78, 5) is 14.7. The lowest BCUT2D eigenvalue weighted by molar-refractivity contribution is -0.0440. The normalized spacial score (nSPS) is 23.9. The number of halogens is 2. The summed E-state index contributed by atoms with van der Waals surface area (Å²) < 4.78 is 64.1. The zero-order valence-electron chi connectivity index (χ0n) is 21.3. The first kappa shape index (κ1) is 28.0. The molecule has 0 spiro atoms. The van der Waals surface area contributed by atoms with E-state index in [0.717, 1.165) is 15.9 Å². The van der Waals surface area contributed by atoms with E-state index < -0.39 is 46.4 Å². The number of aromatic nitrogens is 2. The molecule has 9 nitrogen and oxygen atoms in total. The SMILES string of the molecule is C=C(/C=C(\C(F)=C/C)[C@H]1OC[C@H](N2Cc3cn(S(C)(=O)=O)nc3C2)C[C@@H]1NC(=O)OC(C)(C)C)CF. The predicted molar refractivity (Wildman–Crippen MR) is 131 cm³/mol. The number of nitrogens with one attached hydrogen (secondary N) is 1. The van der Waals surface area contributed by atoms with Gasteiger partial charge in [0.05, 0.1) is 24.6 Å². The van der Waals surface area contributed by atoms with Crippen molar-refractivity contribution in [2.75, 3.05) is 19.5 Å². The van der Waals surface area contributed by atoms with Gasteiger partial charge in [-0.2, -0.15) is 9.19 Å². The standard InChI is InChI=1S/C24H34F2N4O5S/c1-7-19(26)18(8-15(2)10-25)22-20(27-23(31)35-24(3,4)5)9-17(14-34-22)29-11-16-12-30(36(6,32)33)28-21(16)13-29/h7-8,12,17,20,22H,2,9-11,13-14H2,1,3-6H3,(H,27,31)/b18-8+,19-7+/t17-,20+,22-/m1/s1. The van der Waals surface area contributed by atoms with E-state index in [1.165, 1.54) is 25.3 Å². The maximum Gasteiger partial charge on any atom is 0.407 e. The van der Waals surface area contributed by atoms with Crippen LogP contribution in [-0.2, 0) is 32.6 Å². The van der Waals surface area contributed by atoms with Crippen LogP contribution in [0.4, 0.5) is 13.6 Å². The number of amides is 1. The largest absolute Gasteiger partial charge is 0.444 e. The first-order chi connectivity index (χ1) is 16.7. The molecule has 0 bridgehead atoms. The van der Waals surface area contributed by atoms with Gasteiger partial charge in [-0.1, -0.05) is 12.7 Å². The minimum Gasteiger partial charge on any atom is -0.444 e. The van der Waals surface area contributed by atoms with E-state index in [1.54, 1.807) is 20.8 Å². The van der Waals surface area contributed by atoms with Crippen molar-refractivity contribution in [3.63, 3.8) is 0 Å². The van der Waals surface area contributed by atoms with E-state index >= 15 is 0 Å². The van der Waals surface area contributed by atoms with Crippen LogP contribution >= 0.6 is 0 Å². The highest BCUT2D eigenvalue weighted by Crippen LogP contribution is 2.33. The van der Waals surface area contributed by atoms with Crippen LogP contribution in [0.15, 0.2) is 41.9 Å². The fourth-order valence-electron chi connectivity index (χ4n) is 4.26. The van der Waals surface area contributed by atoms with Crippen molar-refractivity contribution in [1.82, 2.24) is 19.4 Å². The highest BCUT2D eigenvalue weighted by molar-refractivity contribution is 7.89. The molecule has 12 heteroatoms. The molecule has 0 aromatic carbocycles. The van der Waals surface area contributed by atoms with E-state index in [9.17, 15) is 22.0 Å². The lowest BCUT2D eigenvalue weighted by Crippen LogP contribution is -2.55. The van der Waals surface area contributed by atoms with Gasteiger partial charge in [-0.15, -0.1) is 0 Å². The molecule has 1 saturated heterocycles. The van der Waals surface area contributed by atoms with Gasteiger partial charge in [0, 0.05) is 36.5 Å². The molecule has 1 amide bonds. The molecule has 3 atom stereocenters. The van der Waals surface area contributed by atoms with Crippen molar-refractivity contribution >= 4 is 16.1 Å². The second kappa shape index (κ2) is 10.8. The van der Waals surface area contributed by atoms with Gasteiger partial charge in [-0.05, 0) is 45.8 Å². The molecule has 2 aliphatic rings. The summed E-state index contributed by atoms with van der Waals surface area (Å²) in [5.74, 6) is -0.597. The van der Waals surface area contributed by atoms with Crippen LogP contribution in [0, 0.1) is 0 Å². The van der Waals surface area contributed by atoms with E-state index in [4.69, 9.17) is 9.47 Å². The molecule has 2 aliphatic heterocycles. The van der Waals surface area contributed by atoms with Gasteiger partial charge < -0.3 is 14.8 Å². The first-order valence-electron chi connectivity index (χ1n) is 11.6. The van der Waals surface area contributed by atoms with Gasteiger partial charge in [0.1, 0.15) is 24.2 Å². The summed E-state index contributed by atoms with van der Waals surface area (Å²) in [5.41, 5.74) is 0.871. The molecule has 0 radical (unpaired) electrons. The molecule has 1 aromatic heterocycles. The molecule has 36 heavy (non-hydrogen) atoms. The van der Waals surface area contributed by atoms with Crippen LogP contribution in [0.5, 0.6) is 0 Å². The van der Waals surface area contributed by atoms with E-state index in [2.05, 4.69) is 21.9 Å². The maximum absolute atomic E-state index is 14.9. The predicted octanol–water partition coefficient (Wildman–Crippen LogP) is 3.38. The molecule has 0 saturated carbocycles. The maximum atomic E-state index is 14.9. The number of hydrogen-bond donors (Lipinski definition) is 1. The van der Waals surface area contributed by atoms with Crippen LogP contribution in [0.25, 0.3) is 0 Å². The summed E-state index contributed by atoms with van der Waals surface area (Å²) in [6.45, 7) is 10.5. The lowest BCUT2D eigenvalue weighted by atomic mass is 9.91. The van der Waals surface area contributed by atoms with Gasteiger partial charge in [-0.3, -0.25) is 4.90 Å². The summed E-state index contributed by atoms with van der Waals surface area (Å²) in [5, 5.41) is 6.98. The van der Waals surface area contributed by atoms with Gasteiger partial charge in [0.25, 0.3) is 10.0 Å². The Morgan fingerprint density at radius 1 is 1.39 bits per heavy atom. The Balaban J connectivity index is 1.84. The summed E-state index contributed by atoms with van der Waals surface area (Å²) >= 11 is 0. The third-order valence-corrected chi connectivity index (χ3v) is 6.73. The fourth-order valence-corrected chi connectivity index (χ4v) is 4.83. The summed E-state index contributed by atoms with van der Waals surface area (Å²) in [6.07, 6.45) is 3.95.